The minimum atomic E-state index is -0.342. The molecule has 0 fully saturated rings. The number of aryl methyl sites for hydroxylation is 1. The van der Waals surface area contributed by atoms with E-state index in [2.05, 4.69) is 23.8 Å². The van der Waals surface area contributed by atoms with Gasteiger partial charge in [0.15, 0.2) is 0 Å². The first kappa shape index (κ1) is 15.1. The molecule has 0 bridgehead atoms. The van der Waals surface area contributed by atoms with E-state index in [0.717, 1.165) is 22.6 Å². The van der Waals surface area contributed by atoms with Crippen LogP contribution in [-0.4, -0.2) is 9.97 Å². The second kappa shape index (κ2) is 6.02. The van der Waals surface area contributed by atoms with E-state index in [1.165, 1.54) is 12.1 Å². The van der Waals surface area contributed by atoms with Crippen molar-refractivity contribution in [3.05, 3.63) is 56.3 Å². The van der Waals surface area contributed by atoms with Crippen LogP contribution in [0.5, 0.6) is 0 Å². The smallest absolute Gasteiger partial charge is 0.133 e. The molecule has 2 aromatic rings. The number of hydrogen-bond donors (Lipinski definition) is 1. The van der Waals surface area contributed by atoms with Gasteiger partial charge in [0.05, 0.1) is 0 Å². The van der Waals surface area contributed by atoms with Gasteiger partial charge in [-0.05, 0) is 30.5 Å². The van der Waals surface area contributed by atoms with Crippen molar-refractivity contribution in [2.24, 2.45) is 0 Å². The minimum Gasteiger partial charge on any atom is -0.347 e. The van der Waals surface area contributed by atoms with Crippen molar-refractivity contribution in [1.82, 2.24) is 9.97 Å². The summed E-state index contributed by atoms with van der Waals surface area (Å²) in [6, 6.07) is 4.37. The van der Waals surface area contributed by atoms with Gasteiger partial charge < -0.3 is 4.98 Å². The molecule has 0 aliphatic heterocycles. The van der Waals surface area contributed by atoms with Gasteiger partial charge >= 0.3 is 0 Å². The Hall–Kier alpha value is -1.26. The van der Waals surface area contributed by atoms with Crippen molar-refractivity contribution in [2.45, 2.75) is 33.1 Å². The number of benzene rings is 1. The van der Waals surface area contributed by atoms with Gasteiger partial charge in [-0.25, -0.2) is 9.37 Å². The van der Waals surface area contributed by atoms with Gasteiger partial charge in [-0.15, -0.1) is 0 Å². The van der Waals surface area contributed by atoms with Crippen LogP contribution in [0, 0.1) is 17.4 Å². The molecule has 0 saturated carbocycles. The highest BCUT2D eigenvalue weighted by atomic mass is 35.5. The number of H-pyrrole nitrogens is 1. The average Bonchev–Trinajstić information content (AvgIpc) is 2.31. The fourth-order valence-electron chi connectivity index (χ4n) is 2.26. The van der Waals surface area contributed by atoms with Crippen LogP contribution in [0.4, 0.5) is 4.39 Å². The monoisotopic (exact) mass is 310 g/mol. The summed E-state index contributed by atoms with van der Waals surface area (Å²) in [7, 11) is 0. The molecule has 106 valence electrons. The molecule has 20 heavy (non-hydrogen) atoms. The van der Waals surface area contributed by atoms with Gasteiger partial charge in [-0.3, -0.25) is 0 Å². The number of hydrogen-bond acceptors (Lipinski definition) is 2. The molecule has 0 amide bonds. The highest BCUT2D eigenvalue weighted by molar-refractivity contribution is 7.71. The molecule has 0 atom stereocenters. The Balaban J connectivity index is 2.38. The quantitative estimate of drug-likeness (QED) is 0.812. The van der Waals surface area contributed by atoms with Crippen LogP contribution in [-0.2, 0) is 6.42 Å². The molecule has 1 aromatic heterocycles. The minimum absolute atomic E-state index is 0.328. The molecular formula is C15H16ClFN2S. The number of halogens is 2. The topological polar surface area (TPSA) is 28.7 Å². The molecule has 1 heterocycles. The van der Waals surface area contributed by atoms with Crippen LogP contribution in [0.2, 0.25) is 5.02 Å². The maximum Gasteiger partial charge on any atom is 0.133 e. The molecule has 1 aromatic carbocycles. The molecule has 0 aliphatic carbocycles. The third kappa shape index (κ3) is 3.25. The lowest BCUT2D eigenvalue weighted by Gasteiger charge is -2.12. The summed E-state index contributed by atoms with van der Waals surface area (Å²) < 4.78 is 13.6. The van der Waals surface area contributed by atoms with Crippen molar-refractivity contribution in [3.63, 3.8) is 0 Å². The highest BCUT2D eigenvalue weighted by Gasteiger charge is 2.10. The first-order valence-electron chi connectivity index (χ1n) is 6.42. The maximum absolute atomic E-state index is 13.0. The molecule has 2 nitrogen and oxygen atoms in total. The third-order valence-corrected chi connectivity index (χ3v) is 3.82. The van der Waals surface area contributed by atoms with E-state index in [9.17, 15) is 4.39 Å². The number of aromatic amines is 1. The normalized spacial score (nSPS) is 11.1. The summed E-state index contributed by atoms with van der Waals surface area (Å²) in [6.07, 6.45) is 0.502. The highest BCUT2D eigenvalue weighted by Crippen LogP contribution is 2.22. The SMILES string of the molecule is Cc1[nH]c(Cc2ccc(F)cc2Cl)nc(=S)c1C(C)C. The van der Waals surface area contributed by atoms with Crippen molar-refractivity contribution in [2.75, 3.05) is 0 Å². The predicted octanol–water partition coefficient (Wildman–Crippen LogP) is 4.95. The molecule has 5 heteroatoms. The summed E-state index contributed by atoms with van der Waals surface area (Å²) >= 11 is 11.4. The van der Waals surface area contributed by atoms with Gasteiger partial charge in [0.2, 0.25) is 0 Å². The molecule has 1 N–H and O–H groups in total. The average molecular weight is 311 g/mol. The molecule has 0 saturated heterocycles. The molecule has 0 unspecified atom stereocenters. The lowest BCUT2D eigenvalue weighted by atomic mass is 10.0. The van der Waals surface area contributed by atoms with Gasteiger partial charge in [-0.2, -0.15) is 0 Å². The number of rotatable bonds is 3. The zero-order valence-electron chi connectivity index (χ0n) is 11.6. The zero-order chi connectivity index (χ0) is 14.9. The Morgan fingerprint density at radius 3 is 2.65 bits per heavy atom. The fraction of sp³-hybridized carbons (Fsp3) is 0.333. The fourth-order valence-corrected chi connectivity index (χ4v) is 3.00. The van der Waals surface area contributed by atoms with Gasteiger partial charge in [0.25, 0.3) is 0 Å². The van der Waals surface area contributed by atoms with E-state index in [-0.39, 0.29) is 5.82 Å². The molecule has 0 aliphatic rings. The third-order valence-electron chi connectivity index (χ3n) is 3.15. The predicted molar refractivity (Wildman–Crippen MR) is 82.5 cm³/mol. The Morgan fingerprint density at radius 1 is 1.40 bits per heavy atom. The molecule has 0 radical (unpaired) electrons. The van der Waals surface area contributed by atoms with E-state index >= 15 is 0 Å². The maximum atomic E-state index is 13.0. The Kier molecular flexibility index (Phi) is 4.55. The Morgan fingerprint density at radius 2 is 2.10 bits per heavy atom. The van der Waals surface area contributed by atoms with Crippen LogP contribution < -0.4 is 0 Å². The van der Waals surface area contributed by atoms with Crippen molar-refractivity contribution < 1.29 is 4.39 Å². The molecule has 2 rings (SSSR count). The molecule has 0 spiro atoms. The van der Waals surface area contributed by atoms with Crippen molar-refractivity contribution in [3.8, 4) is 0 Å². The number of nitrogens with one attached hydrogen (secondary N) is 1. The van der Waals surface area contributed by atoms with Crippen LogP contribution in [0.1, 0.15) is 42.4 Å². The Bertz CT molecular complexity index is 695. The van der Waals surface area contributed by atoms with Gasteiger partial charge in [-0.1, -0.05) is 43.7 Å². The number of nitrogens with zero attached hydrogens (tertiary/aromatic N) is 1. The summed E-state index contributed by atoms with van der Waals surface area (Å²) in [4.78, 5) is 7.68. The summed E-state index contributed by atoms with van der Waals surface area (Å²) in [6.45, 7) is 6.16. The molecular weight excluding hydrogens is 295 g/mol. The van der Waals surface area contributed by atoms with Crippen LogP contribution in [0.3, 0.4) is 0 Å². The summed E-state index contributed by atoms with van der Waals surface area (Å²) in [5.41, 5.74) is 2.91. The van der Waals surface area contributed by atoms with E-state index in [1.807, 2.05) is 6.92 Å². The number of aromatic nitrogens is 2. The van der Waals surface area contributed by atoms with Crippen LogP contribution >= 0.6 is 23.8 Å². The summed E-state index contributed by atoms with van der Waals surface area (Å²) in [5, 5.41) is 0.400. The van der Waals surface area contributed by atoms with Gasteiger partial charge in [0.1, 0.15) is 16.3 Å². The standard InChI is InChI=1S/C15H16ClFN2S/c1-8(2)14-9(3)18-13(19-15(14)20)6-10-4-5-11(17)7-12(10)16/h4-5,7-8H,6H2,1-3H3,(H,18,19,20). The van der Waals surface area contributed by atoms with Crippen molar-refractivity contribution >= 4 is 23.8 Å². The first-order valence-corrected chi connectivity index (χ1v) is 7.20. The summed E-state index contributed by atoms with van der Waals surface area (Å²) in [5.74, 6) is 0.728. The van der Waals surface area contributed by atoms with E-state index in [0.29, 0.717) is 22.0 Å². The van der Waals surface area contributed by atoms with E-state index in [4.69, 9.17) is 23.8 Å². The second-order valence-corrected chi connectivity index (χ2v) is 5.89. The van der Waals surface area contributed by atoms with Gasteiger partial charge in [0, 0.05) is 22.7 Å². The van der Waals surface area contributed by atoms with Crippen molar-refractivity contribution in [1.29, 1.82) is 0 Å². The van der Waals surface area contributed by atoms with Crippen LogP contribution in [0.25, 0.3) is 0 Å². The van der Waals surface area contributed by atoms with E-state index < -0.39 is 0 Å². The second-order valence-electron chi connectivity index (χ2n) is 5.09. The Labute approximate surface area is 128 Å². The largest absolute Gasteiger partial charge is 0.347 e. The lowest BCUT2D eigenvalue weighted by molar-refractivity contribution is 0.627. The zero-order valence-corrected chi connectivity index (χ0v) is 13.2. The van der Waals surface area contributed by atoms with Crippen LogP contribution in [0.15, 0.2) is 18.2 Å². The lowest BCUT2D eigenvalue weighted by Crippen LogP contribution is -2.05. The van der Waals surface area contributed by atoms with E-state index in [1.54, 1.807) is 6.07 Å². The first-order chi connectivity index (χ1) is 9.38.